The first-order valence-electron chi connectivity index (χ1n) is 17.4. The Balaban J connectivity index is 2.38. The molecule has 0 fully saturated rings. The number of amides is 1. The fourth-order valence-electron chi connectivity index (χ4n) is 5.25. The molecular weight excluding hydrogens is 675 g/mol. The van der Waals surface area contributed by atoms with Crippen LogP contribution in [0, 0.1) is 12.8 Å². The van der Waals surface area contributed by atoms with Crippen molar-refractivity contribution < 1.29 is 41.7 Å². The number of aryl methyl sites for hydroxylation is 1. The van der Waals surface area contributed by atoms with Gasteiger partial charge in [-0.15, -0.1) is 0 Å². The lowest BCUT2D eigenvalue weighted by Gasteiger charge is -2.37. The molecule has 2 rings (SSSR count). The van der Waals surface area contributed by atoms with Crippen LogP contribution in [-0.2, 0) is 39.9 Å². The van der Waals surface area contributed by atoms with E-state index in [9.17, 15) is 23.1 Å². The van der Waals surface area contributed by atoms with E-state index < -0.39 is 53.5 Å². The molecule has 0 radical (unpaired) electrons. The first kappa shape index (κ1) is 43.1. The summed E-state index contributed by atoms with van der Waals surface area (Å²) >= 11 is 0. The van der Waals surface area contributed by atoms with Gasteiger partial charge in [0.1, 0.15) is 6.61 Å². The number of hydrogen-bond donors (Lipinski definition) is 2. The van der Waals surface area contributed by atoms with Crippen molar-refractivity contribution in [3.05, 3.63) is 78.4 Å². The molecule has 0 spiro atoms. The Labute approximate surface area is 301 Å². The van der Waals surface area contributed by atoms with E-state index in [0.29, 0.717) is 26.1 Å². The number of alkyl carbamates (subject to hydrolysis) is 1. The van der Waals surface area contributed by atoms with Crippen LogP contribution in [0.15, 0.2) is 72.1 Å². The number of aliphatic hydroxyl groups excluding tert-OH is 1. The molecule has 0 aromatic heterocycles. The van der Waals surface area contributed by atoms with E-state index in [0.717, 1.165) is 11.1 Å². The summed E-state index contributed by atoms with van der Waals surface area (Å²) in [5.41, 5.74) is 1.94. The highest BCUT2D eigenvalue weighted by Gasteiger charge is 2.40. The van der Waals surface area contributed by atoms with Gasteiger partial charge in [0.2, 0.25) is 0 Å². The van der Waals surface area contributed by atoms with Gasteiger partial charge < -0.3 is 29.1 Å². The summed E-state index contributed by atoms with van der Waals surface area (Å²) in [6.07, 6.45) is 0.912. The summed E-state index contributed by atoms with van der Waals surface area (Å²) in [4.78, 5) is 24.9. The molecule has 0 saturated carbocycles. The summed E-state index contributed by atoms with van der Waals surface area (Å²) in [6.45, 7) is 17.0. The number of carbonyl (C=O) groups excluding carboxylic acids is 2. The topological polar surface area (TPSA) is 137 Å². The van der Waals surface area contributed by atoms with Crippen LogP contribution >= 0.6 is 0 Å². The standard InChI is InChI=1S/C38H59NO9SSi/c1-9-25-47-37(42)39-32(28-48-50(7,8)38(3,4)5)20-23-34(49(43,44)33-21-17-29(2)18-22-33)36(41)31(19-24-35(40)45-6)16-13-26-46-27-30-14-11-10-12-15-30/h9-12,14-15,17-18,21-22,31-32,34,36,41H,1,13,16,19-20,23-28H2,2-8H3,(H,39,42)/t31-,32-,34?,36?/m1/s1. The minimum absolute atomic E-state index is 0.0156. The van der Waals surface area contributed by atoms with Crippen molar-refractivity contribution in [3.63, 3.8) is 0 Å². The van der Waals surface area contributed by atoms with Crippen LogP contribution in [0.5, 0.6) is 0 Å². The number of nitrogens with one attached hydrogen (secondary N) is 1. The number of methoxy groups -OCH3 is 1. The first-order valence-corrected chi connectivity index (χ1v) is 21.8. The van der Waals surface area contributed by atoms with Gasteiger partial charge in [-0.2, -0.15) is 0 Å². The third-order valence-corrected chi connectivity index (χ3v) is 16.2. The molecule has 2 aromatic carbocycles. The van der Waals surface area contributed by atoms with Gasteiger partial charge in [-0.3, -0.25) is 4.79 Å². The maximum absolute atomic E-state index is 14.3. The van der Waals surface area contributed by atoms with E-state index in [-0.39, 0.29) is 48.8 Å². The third kappa shape index (κ3) is 14.3. The van der Waals surface area contributed by atoms with Crippen LogP contribution in [0.25, 0.3) is 0 Å². The number of aliphatic hydroxyl groups is 1. The zero-order valence-electron chi connectivity index (χ0n) is 31.0. The highest BCUT2D eigenvalue weighted by Crippen LogP contribution is 2.37. The van der Waals surface area contributed by atoms with Crippen LogP contribution in [0.1, 0.15) is 70.4 Å². The molecule has 2 N–H and O–H groups in total. The quantitative estimate of drug-likeness (QED) is 0.0560. The Bertz CT molecular complexity index is 1430. The average molecular weight is 734 g/mol. The Morgan fingerprint density at radius 1 is 1.00 bits per heavy atom. The molecule has 4 atom stereocenters. The van der Waals surface area contributed by atoms with Gasteiger partial charge in [0, 0.05) is 13.0 Å². The monoisotopic (exact) mass is 733 g/mol. The average Bonchev–Trinajstić information content (AvgIpc) is 3.07. The van der Waals surface area contributed by atoms with Crippen molar-refractivity contribution in [2.24, 2.45) is 5.92 Å². The van der Waals surface area contributed by atoms with Crippen molar-refractivity contribution >= 4 is 30.2 Å². The van der Waals surface area contributed by atoms with Crippen molar-refractivity contribution in [1.29, 1.82) is 0 Å². The summed E-state index contributed by atoms with van der Waals surface area (Å²) in [7, 11) is -5.00. The number of sulfone groups is 1. The van der Waals surface area contributed by atoms with E-state index >= 15 is 0 Å². The van der Waals surface area contributed by atoms with Crippen molar-refractivity contribution in [2.45, 2.75) is 113 Å². The van der Waals surface area contributed by atoms with E-state index in [1.165, 1.54) is 13.2 Å². The van der Waals surface area contributed by atoms with Crippen molar-refractivity contribution in [2.75, 3.05) is 26.9 Å². The van der Waals surface area contributed by atoms with Gasteiger partial charge in [-0.25, -0.2) is 13.2 Å². The molecule has 0 bridgehead atoms. The van der Waals surface area contributed by atoms with Crippen LogP contribution < -0.4 is 5.32 Å². The van der Waals surface area contributed by atoms with Gasteiger partial charge >= 0.3 is 12.1 Å². The van der Waals surface area contributed by atoms with E-state index in [1.807, 2.05) is 37.3 Å². The van der Waals surface area contributed by atoms with Gasteiger partial charge in [0.05, 0.1) is 42.6 Å². The van der Waals surface area contributed by atoms with Gasteiger partial charge in [-0.05, 0) is 80.8 Å². The number of rotatable bonds is 22. The second-order valence-corrected chi connectivity index (χ2v) is 21.3. The number of benzene rings is 2. The molecule has 2 aromatic rings. The van der Waals surface area contributed by atoms with Gasteiger partial charge in [0.15, 0.2) is 18.2 Å². The summed E-state index contributed by atoms with van der Waals surface area (Å²) < 4.78 is 51.0. The van der Waals surface area contributed by atoms with Crippen molar-refractivity contribution in [1.82, 2.24) is 5.32 Å². The molecule has 50 heavy (non-hydrogen) atoms. The fraction of sp³-hybridized carbons (Fsp3) is 0.579. The Hall–Kier alpha value is -3.03. The van der Waals surface area contributed by atoms with E-state index in [2.05, 4.69) is 45.8 Å². The molecule has 280 valence electrons. The highest BCUT2D eigenvalue weighted by molar-refractivity contribution is 7.92. The molecule has 2 unspecified atom stereocenters. The predicted molar refractivity (Wildman–Crippen MR) is 199 cm³/mol. The molecule has 0 aliphatic rings. The SMILES string of the molecule is C=CCOC(=O)N[C@H](CCC(C(O)[C@H](CCCOCc1ccccc1)CCC(=O)OC)S(=O)(=O)c1ccc(C)cc1)CO[Si](C)(C)C(C)(C)C. The van der Waals surface area contributed by atoms with Crippen LogP contribution in [0.2, 0.25) is 18.1 Å². The smallest absolute Gasteiger partial charge is 0.407 e. The molecule has 0 heterocycles. The van der Waals surface area contributed by atoms with Crippen molar-refractivity contribution in [3.8, 4) is 0 Å². The van der Waals surface area contributed by atoms with E-state index in [4.69, 9.17) is 18.6 Å². The number of hydrogen-bond acceptors (Lipinski definition) is 9. The molecule has 0 saturated heterocycles. The second-order valence-electron chi connectivity index (χ2n) is 14.3. The Kier molecular flexibility index (Phi) is 17.9. The van der Waals surface area contributed by atoms with E-state index in [1.54, 1.807) is 24.3 Å². The van der Waals surface area contributed by atoms with Crippen LogP contribution in [0.4, 0.5) is 4.79 Å². The van der Waals surface area contributed by atoms with Gasteiger partial charge in [0.25, 0.3) is 0 Å². The second kappa shape index (κ2) is 20.7. The lowest BCUT2D eigenvalue weighted by atomic mass is 9.88. The summed E-state index contributed by atoms with van der Waals surface area (Å²) in [5.74, 6) is -0.988. The molecule has 12 heteroatoms. The minimum atomic E-state index is -4.07. The summed E-state index contributed by atoms with van der Waals surface area (Å²) in [6, 6.07) is 15.7. The van der Waals surface area contributed by atoms with Crippen LogP contribution in [0.3, 0.4) is 0 Å². The highest BCUT2D eigenvalue weighted by atomic mass is 32.2. The first-order chi connectivity index (χ1) is 23.5. The molecule has 10 nitrogen and oxygen atoms in total. The zero-order chi connectivity index (χ0) is 37.4. The zero-order valence-corrected chi connectivity index (χ0v) is 32.8. The Morgan fingerprint density at radius 2 is 1.66 bits per heavy atom. The summed E-state index contributed by atoms with van der Waals surface area (Å²) in [5, 5.41) is 13.5. The molecule has 1 amide bonds. The minimum Gasteiger partial charge on any atom is -0.469 e. The lowest BCUT2D eigenvalue weighted by molar-refractivity contribution is -0.141. The maximum Gasteiger partial charge on any atom is 0.407 e. The third-order valence-electron chi connectivity index (χ3n) is 9.44. The molecule has 0 aliphatic heterocycles. The maximum atomic E-state index is 14.3. The number of carbonyl (C=O) groups is 2. The predicted octanol–water partition coefficient (Wildman–Crippen LogP) is 7.15. The normalized spacial score (nSPS) is 14.6. The van der Waals surface area contributed by atoms with Crippen LogP contribution in [-0.4, -0.2) is 78.2 Å². The fourth-order valence-corrected chi connectivity index (χ4v) is 8.20. The molecule has 0 aliphatic carbocycles. The largest absolute Gasteiger partial charge is 0.469 e. The lowest BCUT2D eigenvalue weighted by Crippen LogP contribution is -2.47. The number of esters is 1. The van der Waals surface area contributed by atoms with Gasteiger partial charge in [-0.1, -0.05) is 81.5 Å². The number of ether oxygens (including phenoxy) is 3. The molecular formula is C38H59NO9SSi. The Morgan fingerprint density at radius 3 is 2.26 bits per heavy atom.